The van der Waals surface area contributed by atoms with Crippen LogP contribution in [0, 0.1) is 33.1 Å². The molecule has 11 nitrogen and oxygen atoms in total. The summed E-state index contributed by atoms with van der Waals surface area (Å²) in [5.41, 5.74) is 0.687. The van der Waals surface area contributed by atoms with Crippen molar-refractivity contribution >= 4 is 27.3 Å². The molecule has 1 atom stereocenters. The molecule has 2 aromatic carbocycles. The zero-order valence-corrected chi connectivity index (χ0v) is 19.9. The van der Waals surface area contributed by atoms with Crippen LogP contribution in [0.4, 0.5) is 11.4 Å². The molecule has 1 aliphatic heterocycles. The van der Waals surface area contributed by atoms with Gasteiger partial charge in [0.1, 0.15) is 0 Å². The summed E-state index contributed by atoms with van der Waals surface area (Å²) >= 11 is 0. The number of non-ortho nitro benzene ring substituents is 2. The molecule has 1 fully saturated rings. The molecule has 1 heterocycles. The van der Waals surface area contributed by atoms with Crippen molar-refractivity contribution in [1.82, 2.24) is 9.21 Å². The molecule has 0 N–H and O–H groups in total. The van der Waals surface area contributed by atoms with E-state index in [0.29, 0.717) is 24.0 Å². The number of hydrogen-bond acceptors (Lipinski definition) is 7. The van der Waals surface area contributed by atoms with Gasteiger partial charge in [-0.05, 0) is 37.8 Å². The van der Waals surface area contributed by atoms with Gasteiger partial charge in [-0.25, -0.2) is 8.42 Å². The topological polar surface area (TPSA) is 144 Å². The minimum Gasteiger partial charge on any atom is -0.339 e. The second-order valence-electron chi connectivity index (χ2n) is 8.36. The van der Waals surface area contributed by atoms with Crippen molar-refractivity contribution < 1.29 is 23.1 Å². The number of rotatable bonds is 7. The molecule has 1 unspecified atom stereocenters. The lowest BCUT2D eigenvalue weighted by Gasteiger charge is -2.34. The zero-order valence-electron chi connectivity index (χ0n) is 19.1. The summed E-state index contributed by atoms with van der Waals surface area (Å²) < 4.78 is 27.5. The Labute approximate surface area is 197 Å². The van der Waals surface area contributed by atoms with E-state index in [1.807, 2.05) is 0 Å². The maximum Gasteiger partial charge on any atom is 0.270 e. The molecule has 2 aromatic rings. The first-order valence-electron chi connectivity index (χ1n) is 10.7. The van der Waals surface area contributed by atoms with Crippen molar-refractivity contribution in [2.24, 2.45) is 5.92 Å². The fourth-order valence-corrected chi connectivity index (χ4v) is 5.78. The number of carbonyl (C=O) groups excluding carboxylic acids is 1. The zero-order chi connectivity index (χ0) is 25.2. The highest BCUT2D eigenvalue weighted by Crippen LogP contribution is 2.30. The van der Waals surface area contributed by atoms with E-state index < -0.39 is 31.8 Å². The molecular weight excluding hydrogens is 464 g/mol. The van der Waals surface area contributed by atoms with Gasteiger partial charge in [0.2, 0.25) is 15.9 Å². The molecule has 0 aliphatic carbocycles. The Kier molecular flexibility index (Phi) is 7.32. The first-order valence-corrected chi connectivity index (χ1v) is 12.1. The normalized spacial score (nSPS) is 16.1. The lowest BCUT2D eigenvalue weighted by atomic mass is 9.95. The summed E-state index contributed by atoms with van der Waals surface area (Å²) in [5.74, 6) is -0.564. The highest BCUT2D eigenvalue weighted by Gasteiger charge is 2.35. The second-order valence-corrected chi connectivity index (χ2v) is 10.3. The van der Waals surface area contributed by atoms with E-state index in [-0.39, 0.29) is 35.3 Å². The first kappa shape index (κ1) is 25.2. The van der Waals surface area contributed by atoms with Crippen LogP contribution in [0.25, 0.3) is 0 Å². The average molecular weight is 491 g/mol. The number of nitrogens with zero attached hydrogens (tertiary/aromatic N) is 4. The minimum atomic E-state index is -3.95. The third kappa shape index (κ3) is 5.07. The van der Waals surface area contributed by atoms with Crippen molar-refractivity contribution in [1.29, 1.82) is 0 Å². The van der Waals surface area contributed by atoms with E-state index in [1.54, 1.807) is 33.0 Å². The summed E-state index contributed by atoms with van der Waals surface area (Å²) in [5, 5.41) is 22.1. The highest BCUT2D eigenvalue weighted by molar-refractivity contribution is 7.89. The SMILES string of the molecule is Cc1ccc([N+](=O)[O-])cc1S(=O)(=O)N1CCC(C(=O)N(C)C(C)c2cccc([N+](=O)[O-])c2)CC1. The van der Waals surface area contributed by atoms with E-state index >= 15 is 0 Å². The van der Waals surface area contributed by atoms with Crippen LogP contribution in [0.2, 0.25) is 0 Å². The third-order valence-electron chi connectivity index (χ3n) is 6.30. The van der Waals surface area contributed by atoms with Crippen LogP contribution in [0.5, 0.6) is 0 Å². The monoisotopic (exact) mass is 490 g/mol. The van der Waals surface area contributed by atoms with Crippen molar-refractivity contribution in [2.45, 2.75) is 37.6 Å². The number of sulfonamides is 1. The van der Waals surface area contributed by atoms with Gasteiger partial charge in [0, 0.05) is 50.3 Å². The quantitative estimate of drug-likeness (QED) is 0.427. The highest BCUT2D eigenvalue weighted by atomic mass is 32.2. The predicted octanol–water partition coefficient (Wildman–Crippen LogP) is 3.43. The van der Waals surface area contributed by atoms with Crippen molar-refractivity contribution in [3.8, 4) is 0 Å². The van der Waals surface area contributed by atoms with Crippen molar-refractivity contribution in [3.05, 3.63) is 73.8 Å². The van der Waals surface area contributed by atoms with E-state index in [4.69, 9.17) is 0 Å². The van der Waals surface area contributed by atoms with Crippen LogP contribution in [-0.2, 0) is 14.8 Å². The van der Waals surface area contributed by atoms with E-state index in [9.17, 15) is 33.4 Å². The number of aryl methyl sites for hydroxylation is 1. The Morgan fingerprint density at radius 1 is 1.06 bits per heavy atom. The van der Waals surface area contributed by atoms with Crippen LogP contribution in [-0.4, -0.2) is 53.5 Å². The molecular formula is C22H26N4O7S. The first-order chi connectivity index (χ1) is 15.9. The molecule has 0 saturated carbocycles. The molecule has 12 heteroatoms. The van der Waals surface area contributed by atoms with Gasteiger partial charge in [0.05, 0.1) is 20.8 Å². The van der Waals surface area contributed by atoms with Crippen LogP contribution in [0.3, 0.4) is 0 Å². The molecule has 1 amide bonds. The van der Waals surface area contributed by atoms with Gasteiger partial charge in [-0.3, -0.25) is 25.0 Å². The number of hydrogen-bond donors (Lipinski definition) is 0. The maximum absolute atomic E-state index is 13.1. The van der Waals surface area contributed by atoms with E-state index in [2.05, 4.69) is 0 Å². The molecule has 182 valence electrons. The minimum absolute atomic E-state index is 0.0554. The average Bonchev–Trinajstić information content (AvgIpc) is 2.82. The van der Waals surface area contributed by atoms with E-state index in [0.717, 1.165) is 6.07 Å². The van der Waals surface area contributed by atoms with Gasteiger partial charge in [-0.15, -0.1) is 0 Å². The Morgan fingerprint density at radius 3 is 2.24 bits per heavy atom. The van der Waals surface area contributed by atoms with Crippen LogP contribution >= 0.6 is 0 Å². The molecule has 34 heavy (non-hydrogen) atoms. The molecule has 0 bridgehead atoms. The van der Waals surface area contributed by atoms with Gasteiger partial charge < -0.3 is 4.90 Å². The maximum atomic E-state index is 13.1. The van der Waals surface area contributed by atoms with Crippen LogP contribution < -0.4 is 0 Å². The molecule has 0 spiro atoms. The van der Waals surface area contributed by atoms with E-state index in [1.165, 1.54) is 33.5 Å². The third-order valence-corrected chi connectivity index (χ3v) is 8.34. The van der Waals surface area contributed by atoms with Gasteiger partial charge in [-0.2, -0.15) is 4.31 Å². The lowest BCUT2D eigenvalue weighted by Crippen LogP contribution is -2.44. The van der Waals surface area contributed by atoms with Gasteiger partial charge in [0.25, 0.3) is 11.4 Å². The number of nitro benzene ring substituents is 2. The molecule has 0 aromatic heterocycles. The molecule has 0 radical (unpaired) electrons. The fraction of sp³-hybridized carbons (Fsp3) is 0.409. The number of benzene rings is 2. The molecule has 1 aliphatic rings. The van der Waals surface area contributed by atoms with Gasteiger partial charge in [0.15, 0.2) is 0 Å². The predicted molar refractivity (Wildman–Crippen MR) is 124 cm³/mol. The largest absolute Gasteiger partial charge is 0.339 e. The van der Waals surface area contributed by atoms with Crippen molar-refractivity contribution in [2.75, 3.05) is 20.1 Å². The summed E-state index contributed by atoms with van der Waals surface area (Å²) in [6.07, 6.45) is 0.607. The Hall–Kier alpha value is -3.38. The summed E-state index contributed by atoms with van der Waals surface area (Å²) in [6, 6.07) is 9.45. The summed E-state index contributed by atoms with van der Waals surface area (Å²) in [6.45, 7) is 3.58. The number of carbonyl (C=O) groups is 1. The van der Waals surface area contributed by atoms with Gasteiger partial charge >= 0.3 is 0 Å². The number of amides is 1. The van der Waals surface area contributed by atoms with Crippen LogP contribution in [0.1, 0.15) is 36.9 Å². The summed E-state index contributed by atoms with van der Waals surface area (Å²) in [7, 11) is -2.32. The standard InChI is InChI=1S/C22H26N4O7S/c1-15-7-8-20(26(30)31)14-21(15)34(32,33)24-11-9-17(10-12-24)22(27)23(3)16(2)18-5-4-6-19(13-18)25(28)29/h4-8,13-14,16-17H,9-12H2,1-3H3. The molecule has 1 saturated heterocycles. The number of piperidine rings is 1. The Morgan fingerprint density at radius 2 is 1.65 bits per heavy atom. The number of nitro groups is 2. The Balaban J connectivity index is 1.70. The smallest absolute Gasteiger partial charge is 0.270 e. The summed E-state index contributed by atoms with van der Waals surface area (Å²) in [4.78, 5) is 35.5. The van der Waals surface area contributed by atoms with Gasteiger partial charge in [-0.1, -0.05) is 18.2 Å². The van der Waals surface area contributed by atoms with Crippen LogP contribution in [0.15, 0.2) is 47.4 Å². The Bertz CT molecular complexity index is 1220. The lowest BCUT2D eigenvalue weighted by molar-refractivity contribution is -0.385. The fourth-order valence-electron chi connectivity index (χ4n) is 4.06. The second kappa shape index (κ2) is 9.85. The van der Waals surface area contributed by atoms with Crippen molar-refractivity contribution in [3.63, 3.8) is 0 Å². The molecule has 3 rings (SSSR count).